The molecule has 0 radical (unpaired) electrons. The fourth-order valence-corrected chi connectivity index (χ4v) is 4.43. The Morgan fingerprint density at radius 3 is 2.77 bits per heavy atom. The molecule has 2 aromatic carbocycles. The van der Waals surface area contributed by atoms with Crippen LogP contribution >= 0.6 is 11.9 Å². The van der Waals surface area contributed by atoms with Crippen LogP contribution in [0.1, 0.15) is 12.8 Å². The van der Waals surface area contributed by atoms with Gasteiger partial charge in [-0.05, 0) is 67.7 Å². The first-order valence-corrected chi connectivity index (χ1v) is 12.3. The molecule has 1 aliphatic rings. The van der Waals surface area contributed by atoms with E-state index in [1.54, 1.807) is 42.9 Å². The van der Waals surface area contributed by atoms with Crippen molar-refractivity contribution in [3.05, 3.63) is 85.1 Å². The molecule has 0 saturated carbocycles. The molecule has 1 unspecified atom stereocenters. The number of anilines is 2. The zero-order valence-corrected chi connectivity index (χ0v) is 19.8. The maximum Gasteiger partial charge on any atom is 0.223 e. The van der Waals surface area contributed by atoms with Gasteiger partial charge >= 0.3 is 0 Å². The zero-order chi connectivity index (χ0) is 23.9. The molecule has 3 heterocycles. The third-order valence-corrected chi connectivity index (χ3v) is 6.37. The number of benzene rings is 2. The number of rotatable bonds is 8. The summed E-state index contributed by atoms with van der Waals surface area (Å²) in [4.78, 5) is 14.3. The molecule has 1 saturated heterocycles. The highest BCUT2D eigenvalue weighted by Crippen LogP contribution is 2.34. The Morgan fingerprint density at radius 2 is 1.94 bits per heavy atom. The largest absolute Gasteiger partial charge is 0.453 e. The second kappa shape index (κ2) is 11.2. The van der Waals surface area contributed by atoms with Gasteiger partial charge < -0.3 is 20.1 Å². The summed E-state index contributed by atoms with van der Waals surface area (Å²) in [5.74, 6) is 0.653. The number of ether oxygens (including phenoxy) is 1. The standard InChI is InChI=1S/C26H25FN6OS/c27-22-15-18(33-35-20-6-2-1-3-7-20)8-9-25(22)34-24-11-13-29-17-21(24)23-10-14-30-26(32-23)31-19-5-4-12-28-16-19/h1-3,6-11,13-15,17,19,28,33H,4-5,12,16H2,(H,30,31,32). The van der Waals surface area contributed by atoms with Gasteiger partial charge in [-0.2, -0.15) is 0 Å². The number of hydrogen-bond donors (Lipinski definition) is 3. The van der Waals surface area contributed by atoms with Crippen LogP contribution in [0.5, 0.6) is 11.5 Å². The summed E-state index contributed by atoms with van der Waals surface area (Å²) in [5, 5.41) is 6.76. The Balaban J connectivity index is 1.31. The van der Waals surface area contributed by atoms with Crippen LogP contribution in [0.25, 0.3) is 11.3 Å². The predicted octanol–water partition coefficient (Wildman–Crippen LogP) is 5.75. The minimum Gasteiger partial charge on any atom is -0.453 e. The van der Waals surface area contributed by atoms with Crippen molar-refractivity contribution in [2.24, 2.45) is 0 Å². The lowest BCUT2D eigenvalue weighted by molar-refractivity contribution is 0.443. The van der Waals surface area contributed by atoms with Gasteiger partial charge in [0.05, 0.1) is 11.3 Å². The summed E-state index contributed by atoms with van der Waals surface area (Å²) >= 11 is 1.42. The van der Waals surface area contributed by atoms with Crippen molar-refractivity contribution in [1.29, 1.82) is 0 Å². The smallest absolute Gasteiger partial charge is 0.223 e. The molecule has 0 spiro atoms. The van der Waals surface area contributed by atoms with Gasteiger partial charge in [-0.25, -0.2) is 14.4 Å². The van der Waals surface area contributed by atoms with Crippen LogP contribution < -0.4 is 20.1 Å². The lowest BCUT2D eigenvalue weighted by Crippen LogP contribution is -2.38. The van der Waals surface area contributed by atoms with E-state index in [0.29, 0.717) is 28.6 Å². The molecule has 35 heavy (non-hydrogen) atoms. The van der Waals surface area contributed by atoms with Gasteiger partial charge in [0.15, 0.2) is 11.6 Å². The van der Waals surface area contributed by atoms with E-state index in [2.05, 4.69) is 30.3 Å². The highest BCUT2D eigenvalue weighted by molar-refractivity contribution is 8.00. The molecule has 178 valence electrons. The van der Waals surface area contributed by atoms with Gasteiger partial charge in [-0.3, -0.25) is 4.98 Å². The van der Waals surface area contributed by atoms with Gasteiger partial charge in [-0.15, -0.1) is 0 Å². The van der Waals surface area contributed by atoms with E-state index in [-0.39, 0.29) is 11.8 Å². The molecule has 1 atom stereocenters. The van der Waals surface area contributed by atoms with Gasteiger partial charge in [0.1, 0.15) is 5.75 Å². The van der Waals surface area contributed by atoms with Gasteiger partial charge in [0.2, 0.25) is 5.95 Å². The molecule has 7 nitrogen and oxygen atoms in total. The van der Waals surface area contributed by atoms with Crippen molar-refractivity contribution in [3.8, 4) is 22.8 Å². The van der Waals surface area contributed by atoms with Crippen LogP contribution in [0.3, 0.4) is 0 Å². The molecule has 1 aliphatic heterocycles. The van der Waals surface area contributed by atoms with E-state index < -0.39 is 5.82 Å². The monoisotopic (exact) mass is 488 g/mol. The Kier molecular flexibility index (Phi) is 7.35. The Morgan fingerprint density at radius 1 is 1.03 bits per heavy atom. The molecule has 3 N–H and O–H groups in total. The minimum atomic E-state index is -0.471. The average Bonchev–Trinajstić information content (AvgIpc) is 2.90. The molecular formula is C26H25FN6OS. The summed E-state index contributed by atoms with van der Waals surface area (Å²) in [6.45, 7) is 1.91. The van der Waals surface area contributed by atoms with E-state index >= 15 is 0 Å². The minimum absolute atomic E-state index is 0.119. The first-order chi connectivity index (χ1) is 17.2. The number of nitrogens with one attached hydrogen (secondary N) is 3. The number of piperidine rings is 1. The molecular weight excluding hydrogens is 463 g/mol. The first-order valence-electron chi connectivity index (χ1n) is 11.4. The number of hydrogen-bond acceptors (Lipinski definition) is 8. The fourth-order valence-electron chi connectivity index (χ4n) is 3.77. The third kappa shape index (κ3) is 6.06. The van der Waals surface area contributed by atoms with Crippen LogP contribution in [0.2, 0.25) is 0 Å². The molecule has 1 fully saturated rings. The van der Waals surface area contributed by atoms with Crippen LogP contribution in [0.15, 0.2) is 84.1 Å². The first kappa shape index (κ1) is 23.1. The second-order valence-electron chi connectivity index (χ2n) is 8.09. The van der Waals surface area contributed by atoms with Crippen molar-refractivity contribution < 1.29 is 9.13 Å². The second-order valence-corrected chi connectivity index (χ2v) is 8.97. The summed E-state index contributed by atoms with van der Waals surface area (Å²) in [6, 6.07) is 18.4. The lowest BCUT2D eigenvalue weighted by Gasteiger charge is -2.23. The average molecular weight is 489 g/mol. The van der Waals surface area contributed by atoms with Crippen LogP contribution in [-0.4, -0.2) is 34.1 Å². The molecule has 9 heteroatoms. The highest BCUT2D eigenvalue weighted by atomic mass is 32.2. The number of aromatic nitrogens is 3. The number of nitrogens with zero attached hydrogens (tertiary/aromatic N) is 3. The van der Waals surface area contributed by atoms with E-state index in [0.717, 1.165) is 30.8 Å². The summed E-state index contributed by atoms with van der Waals surface area (Å²) in [5.41, 5.74) is 1.94. The Hall–Kier alpha value is -3.69. The molecule has 0 amide bonds. The number of pyridine rings is 1. The van der Waals surface area contributed by atoms with Crippen molar-refractivity contribution in [1.82, 2.24) is 20.3 Å². The third-order valence-electron chi connectivity index (χ3n) is 5.52. The quantitative estimate of drug-likeness (QED) is 0.270. The zero-order valence-electron chi connectivity index (χ0n) is 18.9. The summed E-state index contributed by atoms with van der Waals surface area (Å²) in [6.07, 6.45) is 7.15. The molecule has 2 aromatic heterocycles. The Labute approximate surface area is 207 Å². The maximum absolute atomic E-state index is 14.9. The van der Waals surface area contributed by atoms with Crippen molar-refractivity contribution in [3.63, 3.8) is 0 Å². The topological polar surface area (TPSA) is 84.0 Å². The van der Waals surface area contributed by atoms with Crippen LogP contribution in [-0.2, 0) is 0 Å². The predicted molar refractivity (Wildman–Crippen MR) is 137 cm³/mol. The lowest BCUT2D eigenvalue weighted by atomic mass is 10.1. The van der Waals surface area contributed by atoms with E-state index in [1.807, 2.05) is 30.3 Å². The normalized spacial score (nSPS) is 15.4. The van der Waals surface area contributed by atoms with Crippen molar-refractivity contribution in [2.75, 3.05) is 23.1 Å². The number of halogens is 1. The van der Waals surface area contributed by atoms with Gasteiger partial charge in [0.25, 0.3) is 0 Å². The Bertz CT molecular complexity index is 1270. The van der Waals surface area contributed by atoms with E-state index in [4.69, 9.17) is 4.74 Å². The molecule has 0 aliphatic carbocycles. The van der Waals surface area contributed by atoms with Crippen molar-refractivity contribution >= 4 is 23.6 Å². The van der Waals surface area contributed by atoms with E-state index in [9.17, 15) is 4.39 Å². The van der Waals surface area contributed by atoms with Crippen LogP contribution in [0, 0.1) is 5.82 Å². The molecule has 4 aromatic rings. The molecule has 5 rings (SSSR count). The highest BCUT2D eigenvalue weighted by Gasteiger charge is 2.16. The fraction of sp³-hybridized carbons (Fsp3) is 0.192. The summed E-state index contributed by atoms with van der Waals surface area (Å²) in [7, 11) is 0. The maximum atomic E-state index is 14.9. The summed E-state index contributed by atoms with van der Waals surface area (Å²) < 4.78 is 24.0. The SMILES string of the molecule is Fc1cc(NSc2ccccc2)ccc1Oc1ccncc1-c1ccnc(NC2CCCNC2)n1. The van der Waals surface area contributed by atoms with Crippen molar-refractivity contribution in [2.45, 2.75) is 23.8 Å². The van der Waals surface area contributed by atoms with Crippen LogP contribution in [0.4, 0.5) is 16.0 Å². The van der Waals surface area contributed by atoms with Gasteiger partial charge in [-0.1, -0.05) is 18.2 Å². The molecule has 0 bridgehead atoms. The van der Waals surface area contributed by atoms with E-state index in [1.165, 1.54) is 18.0 Å². The van der Waals surface area contributed by atoms with Gasteiger partial charge in [0, 0.05) is 47.8 Å².